The van der Waals surface area contributed by atoms with Crippen molar-refractivity contribution >= 4 is 19.8 Å². The van der Waals surface area contributed by atoms with Crippen LogP contribution in [-0.2, 0) is 32.7 Å². The molecule has 0 amide bonds. The maximum atomic E-state index is 12.6. The van der Waals surface area contributed by atoms with Crippen molar-refractivity contribution in [1.82, 2.24) is 0 Å². The van der Waals surface area contributed by atoms with Crippen LogP contribution >= 0.6 is 7.82 Å². The Balaban J connectivity index is 4.14. The van der Waals surface area contributed by atoms with E-state index in [0.29, 0.717) is 12.8 Å². The van der Waals surface area contributed by atoms with E-state index in [4.69, 9.17) is 24.3 Å². The average Bonchev–Trinajstić information content (AvgIpc) is 3.22. The predicted octanol–water partition coefficient (Wildman–Crippen LogP) is 14.1. The third kappa shape index (κ3) is 45.1. The van der Waals surface area contributed by atoms with Gasteiger partial charge in [0.15, 0.2) is 6.10 Å². The summed E-state index contributed by atoms with van der Waals surface area (Å²) in [5, 5.41) is 0. The van der Waals surface area contributed by atoms with Crippen LogP contribution in [0.1, 0.15) is 206 Å². The van der Waals surface area contributed by atoms with Gasteiger partial charge in [-0.15, -0.1) is 0 Å². The molecule has 0 saturated heterocycles. The molecule has 0 bridgehead atoms. The molecule has 0 spiro atoms. The van der Waals surface area contributed by atoms with Gasteiger partial charge in [0.05, 0.1) is 13.2 Å². The molecule has 10 heteroatoms. The Morgan fingerprint density at radius 1 is 0.525 bits per heavy atom. The van der Waals surface area contributed by atoms with Gasteiger partial charge >= 0.3 is 19.8 Å². The fraction of sp³-hybridized carbons (Fsp3) is 0.755. The first kappa shape index (κ1) is 56.7. The highest BCUT2D eigenvalue weighted by Crippen LogP contribution is 2.43. The van der Waals surface area contributed by atoms with E-state index in [2.05, 4.69) is 68.5 Å². The van der Waals surface area contributed by atoms with E-state index in [9.17, 15) is 19.0 Å². The number of hydrogen-bond acceptors (Lipinski definition) is 8. The quantitative estimate of drug-likeness (QED) is 0.0266. The molecule has 0 aromatic heterocycles. The number of unbranched alkanes of at least 4 members (excludes halogenated alkanes) is 21. The normalized spacial score (nSPS) is 13.8. The van der Waals surface area contributed by atoms with E-state index in [1.807, 2.05) is 6.08 Å². The summed E-state index contributed by atoms with van der Waals surface area (Å²) >= 11 is 0. The fourth-order valence-corrected chi connectivity index (χ4v) is 7.20. The maximum absolute atomic E-state index is 12.6. The Labute approximate surface area is 361 Å². The number of ether oxygens (including phenoxy) is 2. The van der Waals surface area contributed by atoms with Crippen molar-refractivity contribution in [3.8, 4) is 0 Å². The third-order valence-electron chi connectivity index (χ3n) is 9.92. The third-order valence-corrected chi connectivity index (χ3v) is 10.9. The largest absolute Gasteiger partial charge is 0.472 e. The number of rotatable bonds is 44. The second kappa shape index (κ2) is 45.2. The molecule has 9 nitrogen and oxygen atoms in total. The lowest BCUT2D eigenvalue weighted by Gasteiger charge is -2.19. The lowest BCUT2D eigenvalue weighted by Crippen LogP contribution is -2.29. The smallest absolute Gasteiger partial charge is 0.462 e. The zero-order chi connectivity index (χ0) is 43.2. The molecule has 342 valence electrons. The molecule has 0 aromatic rings. The standard InChI is InChI=1S/C49H88NO8P/c1-3-5-7-9-11-13-15-17-19-21-22-23-24-26-27-29-31-33-35-37-39-41-48(51)55-45-47(46-57-59(53,54)56-44-43-50)58-49(52)42-40-38-36-34-32-30-28-25-20-18-16-14-12-10-8-6-4-2/h6,8,12,14,18,20,28,30,34,36,47H,3-5,7,9-11,13,15-17,19,21-27,29,31-33,35,37-46,50H2,1-2H3,(H,53,54)/b8-6-,14-12-,20-18-,30-28-,36-34-/t47-/m1/s1. The minimum absolute atomic E-state index is 0.0430. The number of esters is 2. The van der Waals surface area contributed by atoms with Crippen LogP contribution in [0.3, 0.4) is 0 Å². The Bertz CT molecular complexity index is 1150. The number of phosphoric acid groups is 1. The van der Waals surface area contributed by atoms with Crippen LogP contribution in [-0.4, -0.2) is 49.3 Å². The zero-order valence-corrected chi connectivity index (χ0v) is 38.6. The van der Waals surface area contributed by atoms with Crippen LogP contribution < -0.4 is 5.73 Å². The molecule has 0 saturated carbocycles. The Morgan fingerprint density at radius 2 is 0.932 bits per heavy atom. The van der Waals surface area contributed by atoms with Crippen molar-refractivity contribution in [3.63, 3.8) is 0 Å². The van der Waals surface area contributed by atoms with Crippen LogP contribution in [0.4, 0.5) is 0 Å². The van der Waals surface area contributed by atoms with E-state index in [1.165, 1.54) is 116 Å². The van der Waals surface area contributed by atoms with Crippen molar-refractivity contribution < 1.29 is 37.6 Å². The lowest BCUT2D eigenvalue weighted by atomic mass is 10.0. The molecular weight excluding hydrogens is 762 g/mol. The molecule has 0 heterocycles. The zero-order valence-electron chi connectivity index (χ0n) is 37.7. The maximum Gasteiger partial charge on any atom is 0.472 e. The summed E-state index contributed by atoms with van der Waals surface area (Å²) in [6.07, 6.45) is 54.1. The lowest BCUT2D eigenvalue weighted by molar-refractivity contribution is -0.161. The Morgan fingerprint density at radius 3 is 1.37 bits per heavy atom. The first-order valence-electron chi connectivity index (χ1n) is 23.8. The number of nitrogens with two attached hydrogens (primary N) is 1. The summed E-state index contributed by atoms with van der Waals surface area (Å²) in [4.78, 5) is 34.9. The fourth-order valence-electron chi connectivity index (χ4n) is 6.44. The SMILES string of the molecule is CC/C=C\C/C=C\C/C=C\C/C=C\C/C=C\CCCC(=O)O[C@H](COC(=O)CCCCCCCCCCCCCCCCCCCCCCC)COP(=O)(O)OCCN. The van der Waals surface area contributed by atoms with Gasteiger partial charge in [-0.2, -0.15) is 0 Å². The summed E-state index contributed by atoms with van der Waals surface area (Å²) in [5.74, 6) is -0.893. The summed E-state index contributed by atoms with van der Waals surface area (Å²) in [6, 6.07) is 0. The van der Waals surface area contributed by atoms with Crippen molar-refractivity contribution in [3.05, 3.63) is 60.8 Å². The van der Waals surface area contributed by atoms with E-state index in [1.54, 1.807) is 0 Å². The van der Waals surface area contributed by atoms with Crippen molar-refractivity contribution in [1.29, 1.82) is 0 Å². The summed E-state index contributed by atoms with van der Waals surface area (Å²) in [7, 11) is -4.40. The van der Waals surface area contributed by atoms with E-state index >= 15 is 0 Å². The minimum Gasteiger partial charge on any atom is -0.462 e. The number of carbonyl (C=O) groups excluding carboxylic acids is 2. The average molecular weight is 850 g/mol. The highest BCUT2D eigenvalue weighted by molar-refractivity contribution is 7.47. The molecule has 0 rings (SSSR count). The van der Waals surface area contributed by atoms with Crippen molar-refractivity contribution in [2.45, 2.75) is 213 Å². The van der Waals surface area contributed by atoms with Gasteiger partial charge in [-0.25, -0.2) is 4.57 Å². The van der Waals surface area contributed by atoms with Gasteiger partial charge in [0.25, 0.3) is 0 Å². The Kier molecular flexibility index (Phi) is 43.5. The van der Waals surface area contributed by atoms with Crippen molar-refractivity contribution in [2.24, 2.45) is 5.73 Å². The first-order valence-corrected chi connectivity index (χ1v) is 25.3. The monoisotopic (exact) mass is 850 g/mol. The molecule has 0 radical (unpaired) electrons. The summed E-state index contributed by atoms with van der Waals surface area (Å²) in [5.41, 5.74) is 5.35. The van der Waals surface area contributed by atoms with Gasteiger partial charge in [0.2, 0.25) is 0 Å². The minimum atomic E-state index is -4.40. The van der Waals surface area contributed by atoms with Crippen molar-refractivity contribution in [2.75, 3.05) is 26.4 Å². The highest BCUT2D eigenvalue weighted by Gasteiger charge is 2.26. The van der Waals surface area contributed by atoms with Gasteiger partial charge < -0.3 is 20.1 Å². The molecule has 1 unspecified atom stereocenters. The van der Waals surface area contributed by atoms with Gasteiger partial charge in [-0.3, -0.25) is 18.6 Å². The van der Waals surface area contributed by atoms with Crippen LogP contribution in [0.5, 0.6) is 0 Å². The van der Waals surface area contributed by atoms with Crippen LogP contribution in [0, 0.1) is 0 Å². The van der Waals surface area contributed by atoms with E-state index in [0.717, 1.165) is 51.4 Å². The number of allylic oxidation sites excluding steroid dienone is 10. The molecule has 0 fully saturated rings. The van der Waals surface area contributed by atoms with Gasteiger partial charge in [0.1, 0.15) is 6.61 Å². The van der Waals surface area contributed by atoms with E-state index in [-0.39, 0.29) is 32.6 Å². The van der Waals surface area contributed by atoms with Crippen LogP contribution in [0.15, 0.2) is 60.8 Å². The first-order chi connectivity index (χ1) is 28.8. The molecule has 59 heavy (non-hydrogen) atoms. The van der Waals surface area contributed by atoms with Gasteiger partial charge in [0, 0.05) is 19.4 Å². The summed E-state index contributed by atoms with van der Waals surface area (Å²) in [6.45, 7) is 3.57. The molecule has 0 aromatic carbocycles. The van der Waals surface area contributed by atoms with Gasteiger partial charge in [-0.05, 0) is 51.4 Å². The van der Waals surface area contributed by atoms with E-state index < -0.39 is 32.5 Å². The molecule has 0 aliphatic heterocycles. The molecule has 2 atom stereocenters. The second-order valence-corrected chi connectivity index (χ2v) is 17.1. The van der Waals surface area contributed by atoms with Crippen LogP contribution in [0.25, 0.3) is 0 Å². The number of carbonyl (C=O) groups is 2. The molecular formula is C49H88NO8P. The molecule has 0 aliphatic rings. The highest BCUT2D eigenvalue weighted by atomic mass is 31.2. The predicted molar refractivity (Wildman–Crippen MR) is 247 cm³/mol. The molecule has 0 aliphatic carbocycles. The molecule has 3 N–H and O–H groups in total. The topological polar surface area (TPSA) is 134 Å². The van der Waals surface area contributed by atoms with Crippen LogP contribution in [0.2, 0.25) is 0 Å². The summed E-state index contributed by atoms with van der Waals surface area (Å²) < 4.78 is 32.8. The second-order valence-electron chi connectivity index (χ2n) is 15.6. The Hall–Kier alpha value is -2.29. The van der Waals surface area contributed by atoms with Gasteiger partial charge in [-0.1, -0.05) is 203 Å². The number of hydrogen-bond donors (Lipinski definition) is 2. The number of phosphoric ester groups is 1.